The van der Waals surface area contributed by atoms with Gasteiger partial charge in [0, 0.05) is 17.3 Å². The first-order valence-corrected chi connectivity index (χ1v) is 5.82. The molecule has 0 spiro atoms. The monoisotopic (exact) mass is 236 g/mol. The molecular formula is C13H17ClN2. The Labute approximate surface area is 102 Å². The van der Waals surface area contributed by atoms with Crippen LogP contribution in [0.1, 0.15) is 19.4 Å². The van der Waals surface area contributed by atoms with Crippen molar-refractivity contribution in [3.8, 4) is 6.07 Å². The molecule has 0 saturated carbocycles. The third-order valence-electron chi connectivity index (χ3n) is 2.75. The van der Waals surface area contributed by atoms with Gasteiger partial charge in [0.25, 0.3) is 0 Å². The molecule has 0 aliphatic carbocycles. The highest BCUT2D eigenvalue weighted by atomic mass is 35.5. The summed E-state index contributed by atoms with van der Waals surface area (Å²) in [5.41, 5.74) is 2.04. The molecule has 0 aliphatic rings. The van der Waals surface area contributed by atoms with E-state index in [9.17, 15) is 0 Å². The number of nitrogens with zero attached hydrogens (tertiary/aromatic N) is 1. The Kier molecular flexibility index (Phi) is 4.64. The van der Waals surface area contributed by atoms with Crippen molar-refractivity contribution in [1.82, 2.24) is 0 Å². The summed E-state index contributed by atoms with van der Waals surface area (Å²) in [7, 11) is 0. The third-order valence-corrected chi connectivity index (χ3v) is 3.16. The first kappa shape index (κ1) is 12.9. The Morgan fingerprint density at radius 1 is 1.44 bits per heavy atom. The molecule has 1 aromatic rings. The molecule has 0 heterocycles. The van der Waals surface area contributed by atoms with Crippen LogP contribution in [0.15, 0.2) is 18.2 Å². The van der Waals surface area contributed by atoms with Crippen molar-refractivity contribution in [2.24, 2.45) is 11.8 Å². The normalized spacial score (nSPS) is 12.2. The van der Waals surface area contributed by atoms with Crippen molar-refractivity contribution in [2.75, 3.05) is 11.9 Å². The van der Waals surface area contributed by atoms with Crippen LogP contribution < -0.4 is 5.32 Å². The summed E-state index contributed by atoms with van der Waals surface area (Å²) in [5, 5.41) is 13.0. The van der Waals surface area contributed by atoms with E-state index in [4.69, 9.17) is 16.9 Å². The highest BCUT2D eigenvalue weighted by molar-refractivity contribution is 6.31. The second-order valence-corrected chi connectivity index (χ2v) is 4.68. The van der Waals surface area contributed by atoms with Gasteiger partial charge in [-0.1, -0.05) is 31.5 Å². The lowest BCUT2D eigenvalue weighted by Crippen LogP contribution is -2.18. The summed E-state index contributed by atoms with van der Waals surface area (Å²) in [6.45, 7) is 6.75. The SMILES string of the molecule is Cc1c(Cl)cccc1NCC(C#N)C(C)C. The number of hydrogen-bond donors (Lipinski definition) is 1. The van der Waals surface area contributed by atoms with Gasteiger partial charge in [-0.25, -0.2) is 0 Å². The second-order valence-electron chi connectivity index (χ2n) is 4.27. The fourth-order valence-corrected chi connectivity index (χ4v) is 1.62. The van der Waals surface area contributed by atoms with Gasteiger partial charge < -0.3 is 5.32 Å². The first-order chi connectivity index (χ1) is 7.56. The summed E-state index contributed by atoms with van der Waals surface area (Å²) < 4.78 is 0. The fraction of sp³-hybridized carbons (Fsp3) is 0.462. The molecule has 0 fully saturated rings. The molecule has 2 nitrogen and oxygen atoms in total. The van der Waals surface area contributed by atoms with Gasteiger partial charge in [0.2, 0.25) is 0 Å². The Morgan fingerprint density at radius 2 is 2.12 bits per heavy atom. The molecule has 0 aliphatic heterocycles. The summed E-state index contributed by atoms with van der Waals surface area (Å²) in [6.07, 6.45) is 0. The maximum Gasteiger partial charge on any atom is 0.0677 e. The zero-order valence-electron chi connectivity index (χ0n) is 9.92. The smallest absolute Gasteiger partial charge is 0.0677 e. The van der Waals surface area contributed by atoms with Gasteiger partial charge in [0.05, 0.1) is 12.0 Å². The molecule has 86 valence electrons. The number of benzene rings is 1. The van der Waals surface area contributed by atoms with E-state index in [-0.39, 0.29) is 5.92 Å². The number of anilines is 1. The topological polar surface area (TPSA) is 35.8 Å². The largest absolute Gasteiger partial charge is 0.383 e. The minimum absolute atomic E-state index is 0.0263. The van der Waals surface area contributed by atoms with Gasteiger partial charge >= 0.3 is 0 Å². The molecule has 16 heavy (non-hydrogen) atoms. The van der Waals surface area contributed by atoms with Gasteiger partial charge in [-0.3, -0.25) is 0 Å². The number of rotatable bonds is 4. The number of nitrogens with one attached hydrogen (secondary N) is 1. The zero-order valence-corrected chi connectivity index (χ0v) is 10.7. The molecule has 0 bridgehead atoms. The van der Waals surface area contributed by atoms with E-state index in [0.29, 0.717) is 12.5 Å². The van der Waals surface area contributed by atoms with Crippen molar-refractivity contribution in [1.29, 1.82) is 5.26 Å². The van der Waals surface area contributed by atoms with Gasteiger partial charge in [-0.15, -0.1) is 0 Å². The first-order valence-electron chi connectivity index (χ1n) is 5.45. The van der Waals surface area contributed by atoms with E-state index in [1.165, 1.54) is 0 Å². The number of nitriles is 1. The minimum Gasteiger partial charge on any atom is -0.383 e. The minimum atomic E-state index is 0.0263. The molecule has 1 N–H and O–H groups in total. The summed E-state index contributed by atoms with van der Waals surface area (Å²) in [6, 6.07) is 8.07. The van der Waals surface area contributed by atoms with Crippen molar-refractivity contribution >= 4 is 17.3 Å². The zero-order chi connectivity index (χ0) is 12.1. The van der Waals surface area contributed by atoms with Crippen molar-refractivity contribution < 1.29 is 0 Å². The molecular weight excluding hydrogens is 220 g/mol. The molecule has 0 aromatic heterocycles. The molecule has 0 saturated heterocycles. The van der Waals surface area contributed by atoms with Crippen LogP contribution in [0, 0.1) is 30.1 Å². The van der Waals surface area contributed by atoms with E-state index in [2.05, 4.69) is 25.2 Å². The van der Waals surface area contributed by atoms with E-state index < -0.39 is 0 Å². The maximum absolute atomic E-state index is 8.98. The van der Waals surface area contributed by atoms with E-state index in [1.807, 2.05) is 25.1 Å². The fourth-order valence-electron chi connectivity index (χ4n) is 1.45. The number of halogens is 1. The van der Waals surface area contributed by atoms with E-state index in [0.717, 1.165) is 16.3 Å². The van der Waals surface area contributed by atoms with Crippen LogP contribution in [-0.2, 0) is 0 Å². The Hall–Kier alpha value is -1.20. The lowest BCUT2D eigenvalue weighted by Gasteiger charge is -2.16. The molecule has 1 rings (SSSR count). The molecule has 1 unspecified atom stereocenters. The predicted octanol–water partition coefficient (Wildman–Crippen LogP) is 3.86. The molecule has 1 aromatic carbocycles. The Morgan fingerprint density at radius 3 is 2.69 bits per heavy atom. The van der Waals surface area contributed by atoms with Gasteiger partial charge in [-0.2, -0.15) is 5.26 Å². The van der Waals surface area contributed by atoms with Gasteiger partial charge in [-0.05, 0) is 30.5 Å². The van der Waals surface area contributed by atoms with E-state index in [1.54, 1.807) is 0 Å². The maximum atomic E-state index is 8.98. The molecule has 1 atom stereocenters. The summed E-state index contributed by atoms with van der Waals surface area (Å²) >= 11 is 6.02. The predicted molar refractivity (Wildman–Crippen MR) is 68.6 cm³/mol. The van der Waals surface area contributed by atoms with Gasteiger partial charge in [0.1, 0.15) is 0 Å². The van der Waals surface area contributed by atoms with Crippen molar-refractivity contribution in [3.05, 3.63) is 28.8 Å². The lowest BCUT2D eigenvalue weighted by molar-refractivity contribution is 0.496. The summed E-state index contributed by atoms with van der Waals surface area (Å²) in [4.78, 5) is 0. The van der Waals surface area contributed by atoms with Crippen LogP contribution in [0.25, 0.3) is 0 Å². The van der Waals surface area contributed by atoms with Crippen molar-refractivity contribution in [2.45, 2.75) is 20.8 Å². The van der Waals surface area contributed by atoms with Crippen LogP contribution in [-0.4, -0.2) is 6.54 Å². The average molecular weight is 237 g/mol. The molecule has 0 radical (unpaired) electrons. The van der Waals surface area contributed by atoms with Crippen LogP contribution in [0.4, 0.5) is 5.69 Å². The van der Waals surface area contributed by atoms with Crippen LogP contribution >= 0.6 is 11.6 Å². The van der Waals surface area contributed by atoms with Gasteiger partial charge in [0.15, 0.2) is 0 Å². The van der Waals surface area contributed by atoms with E-state index >= 15 is 0 Å². The second kappa shape index (κ2) is 5.77. The Balaban J connectivity index is 2.68. The highest BCUT2D eigenvalue weighted by Crippen LogP contribution is 2.23. The Bertz CT molecular complexity index is 393. The highest BCUT2D eigenvalue weighted by Gasteiger charge is 2.12. The quantitative estimate of drug-likeness (QED) is 0.862. The third kappa shape index (κ3) is 3.15. The van der Waals surface area contributed by atoms with Crippen LogP contribution in [0.2, 0.25) is 5.02 Å². The van der Waals surface area contributed by atoms with Crippen LogP contribution in [0.5, 0.6) is 0 Å². The van der Waals surface area contributed by atoms with Crippen molar-refractivity contribution in [3.63, 3.8) is 0 Å². The average Bonchev–Trinajstić information content (AvgIpc) is 2.24. The lowest BCUT2D eigenvalue weighted by atomic mass is 9.97. The number of hydrogen-bond acceptors (Lipinski definition) is 2. The molecule has 3 heteroatoms. The molecule has 0 amide bonds. The standard InChI is InChI=1S/C13H17ClN2/c1-9(2)11(7-15)8-16-13-6-4-5-12(14)10(13)3/h4-6,9,11,16H,8H2,1-3H3. The summed E-state index contributed by atoms with van der Waals surface area (Å²) in [5.74, 6) is 0.385. The van der Waals surface area contributed by atoms with Crippen LogP contribution in [0.3, 0.4) is 0 Å².